The fraction of sp³-hybridized carbons (Fsp3) is 0.571. The molecule has 0 aliphatic carbocycles. The smallest absolute Gasteiger partial charge is 0.332 e. The highest BCUT2D eigenvalue weighted by Gasteiger charge is 2.17. The SMILES string of the molecule is Cn1c(=O)c2c(ncn2CCN2CCN(C=O)CC2)n(C)c1=O. The van der Waals surface area contributed by atoms with Crippen molar-refractivity contribution in [3.8, 4) is 0 Å². The van der Waals surface area contributed by atoms with E-state index in [9.17, 15) is 14.4 Å². The topological polar surface area (TPSA) is 85.4 Å². The number of rotatable bonds is 4. The highest BCUT2D eigenvalue weighted by molar-refractivity contribution is 5.69. The quantitative estimate of drug-likeness (QED) is 0.621. The van der Waals surface area contributed by atoms with Crippen LogP contribution in [0.2, 0.25) is 0 Å². The van der Waals surface area contributed by atoms with Crippen molar-refractivity contribution in [2.24, 2.45) is 14.1 Å². The second-order valence-electron chi connectivity index (χ2n) is 5.80. The van der Waals surface area contributed by atoms with Crippen molar-refractivity contribution >= 4 is 17.6 Å². The minimum atomic E-state index is -0.377. The number of fused-ring (bicyclic) bond motifs is 1. The number of nitrogens with zero attached hydrogens (tertiary/aromatic N) is 6. The maximum atomic E-state index is 12.3. The Morgan fingerprint density at radius 1 is 1.09 bits per heavy atom. The number of piperazine rings is 1. The monoisotopic (exact) mass is 320 g/mol. The summed E-state index contributed by atoms with van der Waals surface area (Å²) in [6.07, 6.45) is 2.48. The van der Waals surface area contributed by atoms with Crippen LogP contribution >= 0.6 is 0 Å². The van der Waals surface area contributed by atoms with E-state index in [1.807, 2.05) is 0 Å². The average molecular weight is 320 g/mol. The van der Waals surface area contributed by atoms with Crippen molar-refractivity contribution in [2.75, 3.05) is 32.7 Å². The standard InChI is InChI=1S/C14H20N6O3/c1-16-12-11(13(22)17(2)14(16)23)20(9-15-12)8-7-18-3-5-19(10-21)6-4-18/h9-10H,3-8H2,1-2H3. The van der Waals surface area contributed by atoms with Crippen molar-refractivity contribution < 1.29 is 4.79 Å². The van der Waals surface area contributed by atoms with Crippen LogP contribution < -0.4 is 11.2 Å². The molecule has 9 nitrogen and oxygen atoms in total. The molecule has 2 aromatic heterocycles. The van der Waals surface area contributed by atoms with Gasteiger partial charge in [0.05, 0.1) is 6.33 Å². The molecule has 0 aromatic carbocycles. The first-order chi connectivity index (χ1) is 11.0. The van der Waals surface area contributed by atoms with Gasteiger partial charge in [0, 0.05) is 53.4 Å². The van der Waals surface area contributed by atoms with Crippen LogP contribution in [-0.4, -0.2) is 67.6 Å². The van der Waals surface area contributed by atoms with Gasteiger partial charge < -0.3 is 9.47 Å². The molecule has 0 unspecified atom stereocenters. The zero-order chi connectivity index (χ0) is 16.6. The van der Waals surface area contributed by atoms with Crippen molar-refractivity contribution in [3.63, 3.8) is 0 Å². The van der Waals surface area contributed by atoms with Gasteiger partial charge in [0.1, 0.15) is 0 Å². The Morgan fingerprint density at radius 2 is 1.78 bits per heavy atom. The van der Waals surface area contributed by atoms with Crippen LogP contribution in [0, 0.1) is 0 Å². The van der Waals surface area contributed by atoms with Crippen molar-refractivity contribution in [1.82, 2.24) is 28.5 Å². The number of aromatic nitrogens is 4. The number of hydrogen-bond acceptors (Lipinski definition) is 5. The van der Waals surface area contributed by atoms with E-state index in [-0.39, 0.29) is 11.2 Å². The highest BCUT2D eigenvalue weighted by Crippen LogP contribution is 2.06. The lowest BCUT2D eigenvalue weighted by Gasteiger charge is -2.32. The molecule has 3 rings (SSSR count). The van der Waals surface area contributed by atoms with Crippen LogP contribution in [0.5, 0.6) is 0 Å². The molecule has 1 saturated heterocycles. The zero-order valence-corrected chi connectivity index (χ0v) is 13.3. The number of amides is 1. The normalized spacial score (nSPS) is 16.2. The fourth-order valence-electron chi connectivity index (χ4n) is 2.91. The minimum absolute atomic E-state index is 0.327. The largest absolute Gasteiger partial charge is 0.343 e. The lowest BCUT2D eigenvalue weighted by molar-refractivity contribution is -0.119. The average Bonchev–Trinajstić information content (AvgIpc) is 3.00. The van der Waals surface area contributed by atoms with Gasteiger partial charge in [-0.15, -0.1) is 0 Å². The number of carbonyl (C=O) groups excluding carboxylic acids is 1. The van der Waals surface area contributed by atoms with E-state index in [0.29, 0.717) is 17.7 Å². The van der Waals surface area contributed by atoms with E-state index in [1.54, 1.807) is 22.8 Å². The summed E-state index contributed by atoms with van der Waals surface area (Å²) in [4.78, 5) is 43.2. The maximum absolute atomic E-state index is 12.3. The minimum Gasteiger partial charge on any atom is -0.343 e. The van der Waals surface area contributed by atoms with Gasteiger partial charge in [-0.3, -0.25) is 23.6 Å². The molecule has 0 radical (unpaired) electrons. The molecule has 23 heavy (non-hydrogen) atoms. The molecule has 3 heterocycles. The lowest BCUT2D eigenvalue weighted by atomic mass is 10.3. The Labute approximate surface area is 132 Å². The zero-order valence-electron chi connectivity index (χ0n) is 13.3. The molecule has 2 aromatic rings. The molecule has 0 spiro atoms. The number of carbonyl (C=O) groups is 1. The van der Waals surface area contributed by atoms with E-state index in [4.69, 9.17) is 0 Å². The highest BCUT2D eigenvalue weighted by atomic mass is 16.2. The second-order valence-corrected chi connectivity index (χ2v) is 5.80. The van der Waals surface area contributed by atoms with Gasteiger partial charge in [0.25, 0.3) is 5.56 Å². The van der Waals surface area contributed by atoms with Crippen LogP contribution in [0.1, 0.15) is 0 Å². The Hall–Kier alpha value is -2.42. The molecule has 1 amide bonds. The first kappa shape index (κ1) is 15.5. The first-order valence-corrected chi connectivity index (χ1v) is 7.55. The number of hydrogen-bond donors (Lipinski definition) is 0. The molecule has 124 valence electrons. The molecular weight excluding hydrogens is 300 g/mol. The van der Waals surface area contributed by atoms with Crippen molar-refractivity contribution in [1.29, 1.82) is 0 Å². The lowest BCUT2D eigenvalue weighted by Crippen LogP contribution is -2.46. The Kier molecular flexibility index (Phi) is 4.03. The molecule has 9 heteroatoms. The Morgan fingerprint density at radius 3 is 2.43 bits per heavy atom. The van der Waals surface area contributed by atoms with Gasteiger partial charge in [-0.1, -0.05) is 0 Å². The van der Waals surface area contributed by atoms with E-state index >= 15 is 0 Å². The van der Waals surface area contributed by atoms with Crippen molar-refractivity contribution in [3.05, 3.63) is 27.2 Å². The van der Waals surface area contributed by atoms with Gasteiger partial charge in [0.15, 0.2) is 11.2 Å². The molecule has 1 aliphatic rings. The fourth-order valence-corrected chi connectivity index (χ4v) is 2.91. The van der Waals surface area contributed by atoms with Crippen LogP contribution in [0.25, 0.3) is 11.2 Å². The number of imidazole rings is 1. The third-order valence-corrected chi connectivity index (χ3v) is 4.43. The van der Waals surface area contributed by atoms with E-state index in [0.717, 1.165) is 43.7 Å². The van der Waals surface area contributed by atoms with E-state index < -0.39 is 0 Å². The Balaban J connectivity index is 1.81. The summed E-state index contributed by atoms with van der Waals surface area (Å²) in [5.41, 5.74) is 0.147. The summed E-state index contributed by atoms with van der Waals surface area (Å²) in [6, 6.07) is 0. The summed E-state index contributed by atoms with van der Waals surface area (Å²) in [5.74, 6) is 0. The summed E-state index contributed by atoms with van der Waals surface area (Å²) in [7, 11) is 3.08. The molecule has 0 N–H and O–H groups in total. The van der Waals surface area contributed by atoms with Crippen LogP contribution in [0.15, 0.2) is 15.9 Å². The van der Waals surface area contributed by atoms with Crippen LogP contribution in [-0.2, 0) is 25.4 Å². The van der Waals surface area contributed by atoms with Gasteiger partial charge in [-0.25, -0.2) is 9.78 Å². The molecule has 0 saturated carbocycles. The van der Waals surface area contributed by atoms with Crippen LogP contribution in [0.3, 0.4) is 0 Å². The van der Waals surface area contributed by atoms with E-state index in [1.165, 1.54) is 11.6 Å². The van der Waals surface area contributed by atoms with Crippen LogP contribution in [0.4, 0.5) is 0 Å². The second kappa shape index (κ2) is 5.99. The molecular formula is C14H20N6O3. The molecule has 1 fully saturated rings. The first-order valence-electron chi connectivity index (χ1n) is 7.55. The maximum Gasteiger partial charge on any atom is 0.332 e. The predicted octanol–water partition coefficient (Wildman–Crippen LogP) is -1.79. The summed E-state index contributed by atoms with van der Waals surface area (Å²) < 4.78 is 4.28. The summed E-state index contributed by atoms with van der Waals surface area (Å²) in [5, 5.41) is 0. The van der Waals surface area contributed by atoms with Crippen molar-refractivity contribution in [2.45, 2.75) is 6.54 Å². The van der Waals surface area contributed by atoms with Gasteiger partial charge >= 0.3 is 5.69 Å². The van der Waals surface area contributed by atoms with Gasteiger partial charge in [0.2, 0.25) is 6.41 Å². The third kappa shape index (κ3) is 2.67. The van der Waals surface area contributed by atoms with E-state index in [2.05, 4.69) is 9.88 Å². The Bertz CT molecular complexity index is 841. The predicted molar refractivity (Wildman–Crippen MR) is 84.3 cm³/mol. The number of aryl methyl sites for hydroxylation is 1. The molecule has 1 aliphatic heterocycles. The summed E-state index contributed by atoms with van der Waals surface area (Å²) >= 11 is 0. The molecule has 0 atom stereocenters. The third-order valence-electron chi connectivity index (χ3n) is 4.43. The van der Waals surface area contributed by atoms with Gasteiger partial charge in [-0.05, 0) is 0 Å². The van der Waals surface area contributed by atoms with Gasteiger partial charge in [-0.2, -0.15) is 0 Å². The summed E-state index contributed by atoms with van der Waals surface area (Å²) in [6.45, 7) is 4.48. The molecule has 0 bridgehead atoms.